The lowest BCUT2D eigenvalue weighted by Crippen LogP contribution is -2.20. The maximum Gasteiger partial charge on any atom is 0.233 e. The highest BCUT2D eigenvalue weighted by atomic mass is 32.1. The molecule has 0 saturated heterocycles. The number of aryl methyl sites for hydroxylation is 1. The van der Waals surface area contributed by atoms with Crippen molar-refractivity contribution < 1.29 is 9.59 Å². The Kier molecular flexibility index (Phi) is 9.24. The summed E-state index contributed by atoms with van der Waals surface area (Å²) in [6, 6.07) is 11.8. The molecule has 0 aliphatic rings. The lowest BCUT2D eigenvalue weighted by atomic mass is 9.93. The second-order valence-corrected chi connectivity index (χ2v) is 9.54. The minimum atomic E-state index is -0.278. The van der Waals surface area contributed by atoms with Gasteiger partial charge in [0, 0.05) is 35.8 Å². The quantitative estimate of drug-likeness (QED) is 0.388. The van der Waals surface area contributed by atoms with E-state index in [0.29, 0.717) is 18.0 Å². The van der Waals surface area contributed by atoms with E-state index in [1.807, 2.05) is 74.6 Å². The molecule has 6 nitrogen and oxygen atoms in total. The zero-order valence-electron chi connectivity index (χ0n) is 20.2. The van der Waals surface area contributed by atoms with Crippen LogP contribution in [0.15, 0.2) is 60.9 Å². The predicted octanol–water partition coefficient (Wildman–Crippen LogP) is 5.13. The number of pyridine rings is 1. The Morgan fingerprint density at radius 1 is 1.12 bits per heavy atom. The number of anilines is 1. The number of rotatable bonds is 11. The summed E-state index contributed by atoms with van der Waals surface area (Å²) in [7, 11) is 3.93. The molecular formula is C27H32N4O2S. The molecular weight excluding hydrogens is 444 g/mol. The second-order valence-electron chi connectivity index (χ2n) is 8.42. The van der Waals surface area contributed by atoms with Gasteiger partial charge in [-0.1, -0.05) is 44.2 Å². The van der Waals surface area contributed by atoms with Crippen molar-refractivity contribution in [3.63, 3.8) is 0 Å². The van der Waals surface area contributed by atoms with E-state index in [0.717, 1.165) is 40.2 Å². The van der Waals surface area contributed by atoms with Gasteiger partial charge in [0.25, 0.3) is 0 Å². The summed E-state index contributed by atoms with van der Waals surface area (Å²) < 4.78 is 0. The van der Waals surface area contributed by atoms with Gasteiger partial charge in [0.15, 0.2) is 10.9 Å². The summed E-state index contributed by atoms with van der Waals surface area (Å²) >= 11 is 1.51. The molecule has 0 aliphatic carbocycles. The van der Waals surface area contributed by atoms with E-state index in [9.17, 15) is 9.59 Å². The molecule has 0 bridgehead atoms. The molecule has 1 amide bonds. The molecule has 178 valence electrons. The standard InChI is InChI=1S/C27H32N4O2S/c1-5-23-18-29-27(34-23)30-26(33)24(6-2)20-9-7-10-21(16-20)25-13-12-19(17-28-25)15-22(32)11-8-14-31(3)4/h7-13,16-18,24H,5-6,14-15H2,1-4H3,(H,29,30,33)/b11-8+. The highest BCUT2D eigenvalue weighted by Gasteiger charge is 2.20. The van der Waals surface area contributed by atoms with E-state index >= 15 is 0 Å². The average molecular weight is 477 g/mol. The van der Waals surface area contributed by atoms with Crippen molar-refractivity contribution in [2.45, 2.75) is 39.0 Å². The number of likely N-dealkylation sites (N-methyl/N-ethyl adjacent to an activating group) is 1. The molecule has 0 saturated carbocycles. The van der Waals surface area contributed by atoms with Gasteiger partial charge >= 0.3 is 0 Å². The smallest absolute Gasteiger partial charge is 0.233 e. The van der Waals surface area contributed by atoms with Crippen molar-refractivity contribution in [2.24, 2.45) is 0 Å². The number of hydrogen-bond donors (Lipinski definition) is 1. The molecule has 0 radical (unpaired) electrons. The van der Waals surface area contributed by atoms with Crippen LogP contribution in [0.5, 0.6) is 0 Å². The van der Waals surface area contributed by atoms with Crippen molar-refractivity contribution in [1.82, 2.24) is 14.9 Å². The first-order valence-electron chi connectivity index (χ1n) is 11.5. The number of thiazole rings is 1. The first-order valence-corrected chi connectivity index (χ1v) is 12.4. The Bertz CT molecular complexity index is 1140. The highest BCUT2D eigenvalue weighted by Crippen LogP contribution is 2.27. The van der Waals surface area contributed by atoms with E-state index < -0.39 is 0 Å². The third-order valence-corrected chi connectivity index (χ3v) is 6.48. The Balaban J connectivity index is 1.69. The van der Waals surface area contributed by atoms with Crippen LogP contribution >= 0.6 is 11.3 Å². The van der Waals surface area contributed by atoms with E-state index in [4.69, 9.17) is 0 Å². The summed E-state index contributed by atoms with van der Waals surface area (Å²) in [6.45, 7) is 4.81. The van der Waals surface area contributed by atoms with E-state index in [-0.39, 0.29) is 17.6 Å². The van der Waals surface area contributed by atoms with Gasteiger partial charge in [-0.25, -0.2) is 4.98 Å². The number of carbonyl (C=O) groups excluding carboxylic acids is 2. The number of nitrogens with one attached hydrogen (secondary N) is 1. The number of allylic oxidation sites excluding steroid dienone is 1. The molecule has 2 aromatic heterocycles. The molecule has 2 heterocycles. The van der Waals surface area contributed by atoms with Gasteiger partial charge in [-0.15, -0.1) is 11.3 Å². The predicted molar refractivity (Wildman–Crippen MR) is 139 cm³/mol. The zero-order valence-corrected chi connectivity index (χ0v) is 21.1. The molecule has 7 heteroatoms. The third kappa shape index (κ3) is 7.17. The fourth-order valence-electron chi connectivity index (χ4n) is 3.56. The van der Waals surface area contributed by atoms with Gasteiger partial charge in [0.2, 0.25) is 5.91 Å². The SMILES string of the molecule is CCc1cnc(NC(=O)C(CC)c2cccc(-c3ccc(CC(=O)/C=C/CN(C)C)cn3)c2)s1. The monoisotopic (exact) mass is 476 g/mol. The van der Waals surface area contributed by atoms with E-state index in [1.54, 1.807) is 12.3 Å². The van der Waals surface area contributed by atoms with Crippen molar-refractivity contribution in [1.29, 1.82) is 0 Å². The zero-order chi connectivity index (χ0) is 24.5. The molecule has 1 atom stereocenters. The van der Waals surface area contributed by atoms with Gasteiger partial charge in [0.1, 0.15) is 0 Å². The number of hydrogen-bond acceptors (Lipinski definition) is 6. The summed E-state index contributed by atoms with van der Waals surface area (Å²) in [5, 5.41) is 3.60. The van der Waals surface area contributed by atoms with E-state index in [2.05, 4.69) is 22.2 Å². The Morgan fingerprint density at radius 2 is 1.94 bits per heavy atom. The average Bonchev–Trinajstić information content (AvgIpc) is 3.27. The molecule has 3 rings (SSSR count). The number of benzene rings is 1. The lowest BCUT2D eigenvalue weighted by Gasteiger charge is -2.15. The first kappa shape index (κ1) is 25.5. The van der Waals surface area contributed by atoms with Crippen LogP contribution in [-0.4, -0.2) is 47.2 Å². The van der Waals surface area contributed by atoms with Crippen LogP contribution in [0.1, 0.15) is 42.2 Å². The minimum Gasteiger partial charge on any atom is -0.306 e. The fourth-order valence-corrected chi connectivity index (χ4v) is 4.32. The van der Waals surface area contributed by atoms with Crippen LogP contribution in [0, 0.1) is 0 Å². The van der Waals surface area contributed by atoms with Crippen LogP contribution in [0.4, 0.5) is 5.13 Å². The van der Waals surface area contributed by atoms with Crippen molar-refractivity contribution in [3.05, 3.63) is 76.9 Å². The highest BCUT2D eigenvalue weighted by molar-refractivity contribution is 7.15. The maximum atomic E-state index is 12.9. The molecule has 1 aromatic carbocycles. The van der Waals surface area contributed by atoms with Gasteiger partial charge in [-0.2, -0.15) is 0 Å². The van der Waals surface area contributed by atoms with Gasteiger partial charge < -0.3 is 10.2 Å². The number of carbonyl (C=O) groups is 2. The number of nitrogens with zero attached hydrogens (tertiary/aromatic N) is 3. The Hall–Kier alpha value is -3.16. The topological polar surface area (TPSA) is 75.2 Å². The van der Waals surface area contributed by atoms with Crippen molar-refractivity contribution in [2.75, 3.05) is 26.0 Å². The number of amides is 1. The summed E-state index contributed by atoms with van der Waals surface area (Å²) in [5.41, 5.74) is 3.57. The van der Waals surface area contributed by atoms with Crippen molar-refractivity contribution >= 4 is 28.2 Å². The molecule has 1 N–H and O–H groups in total. The van der Waals surface area contributed by atoms with Crippen LogP contribution in [-0.2, 0) is 22.4 Å². The minimum absolute atomic E-state index is 0.0548. The third-order valence-electron chi connectivity index (χ3n) is 5.42. The Labute approximate surface area is 205 Å². The number of aromatic nitrogens is 2. The molecule has 1 unspecified atom stereocenters. The van der Waals surface area contributed by atoms with Gasteiger partial charge in [-0.05, 0) is 56.3 Å². The second kappa shape index (κ2) is 12.3. The molecule has 34 heavy (non-hydrogen) atoms. The molecule has 3 aromatic rings. The normalized spacial score (nSPS) is 12.3. The summed E-state index contributed by atoms with van der Waals surface area (Å²) in [6.07, 6.45) is 8.96. The largest absolute Gasteiger partial charge is 0.306 e. The maximum absolute atomic E-state index is 12.9. The van der Waals surface area contributed by atoms with Crippen LogP contribution in [0.3, 0.4) is 0 Å². The van der Waals surface area contributed by atoms with Crippen LogP contribution in [0.25, 0.3) is 11.3 Å². The molecule has 0 aliphatic heterocycles. The summed E-state index contributed by atoms with van der Waals surface area (Å²) in [4.78, 5) is 37.1. The number of ketones is 1. The molecule has 0 fully saturated rings. The lowest BCUT2D eigenvalue weighted by molar-refractivity contribution is -0.117. The fraction of sp³-hybridized carbons (Fsp3) is 0.333. The van der Waals surface area contributed by atoms with E-state index in [1.165, 1.54) is 11.3 Å². The van der Waals surface area contributed by atoms with Crippen LogP contribution in [0.2, 0.25) is 0 Å². The summed E-state index contributed by atoms with van der Waals surface area (Å²) in [5.74, 6) is -0.276. The Morgan fingerprint density at radius 3 is 2.59 bits per heavy atom. The van der Waals surface area contributed by atoms with Crippen LogP contribution < -0.4 is 5.32 Å². The van der Waals surface area contributed by atoms with Gasteiger partial charge in [-0.3, -0.25) is 14.6 Å². The first-order chi connectivity index (χ1) is 16.4. The molecule has 0 spiro atoms. The van der Waals surface area contributed by atoms with Crippen molar-refractivity contribution in [3.8, 4) is 11.3 Å². The van der Waals surface area contributed by atoms with Gasteiger partial charge in [0.05, 0.1) is 11.6 Å².